The Labute approximate surface area is 137 Å². The lowest BCUT2D eigenvalue weighted by molar-refractivity contribution is -0.138. The van der Waals surface area contributed by atoms with E-state index in [9.17, 15) is 9.59 Å². The number of piperazine rings is 1. The van der Waals surface area contributed by atoms with Crippen molar-refractivity contribution in [2.45, 2.75) is 45.7 Å². The van der Waals surface area contributed by atoms with E-state index in [1.54, 1.807) is 23.0 Å². The number of imidazole rings is 1. The van der Waals surface area contributed by atoms with E-state index >= 15 is 0 Å². The molecule has 1 aliphatic heterocycles. The standard InChI is InChI=1S/C16H27N5O2/c1-4-5-6-14-15(22)19(3)11-12-21(14)16(23)18-8-10-20-9-7-17-13(20)2/h7,9,14H,4-6,8,10-12H2,1-3H3,(H,18,23)/t14-/m1/s1. The van der Waals surface area contributed by atoms with E-state index in [-0.39, 0.29) is 18.0 Å². The van der Waals surface area contributed by atoms with Gasteiger partial charge in [0.1, 0.15) is 11.9 Å². The Morgan fingerprint density at radius 1 is 1.43 bits per heavy atom. The molecular weight excluding hydrogens is 294 g/mol. The number of unbranched alkanes of at least 4 members (excludes halogenated alkanes) is 1. The lowest BCUT2D eigenvalue weighted by Gasteiger charge is -2.39. The van der Waals surface area contributed by atoms with Gasteiger partial charge in [0.25, 0.3) is 0 Å². The number of likely N-dealkylation sites (N-methyl/N-ethyl adjacent to an activating group) is 1. The molecule has 0 radical (unpaired) electrons. The number of aromatic nitrogens is 2. The molecule has 2 heterocycles. The Bertz CT molecular complexity index is 542. The van der Waals surface area contributed by atoms with Crippen molar-refractivity contribution in [3.05, 3.63) is 18.2 Å². The molecule has 2 rings (SSSR count). The van der Waals surface area contributed by atoms with Crippen molar-refractivity contribution >= 4 is 11.9 Å². The normalized spacial score (nSPS) is 18.4. The van der Waals surface area contributed by atoms with Gasteiger partial charge in [-0.3, -0.25) is 4.79 Å². The maximum Gasteiger partial charge on any atom is 0.318 e. The number of hydrogen-bond acceptors (Lipinski definition) is 3. The van der Waals surface area contributed by atoms with Crippen molar-refractivity contribution in [1.29, 1.82) is 0 Å². The van der Waals surface area contributed by atoms with Crippen LogP contribution >= 0.6 is 0 Å². The molecule has 1 N–H and O–H groups in total. The van der Waals surface area contributed by atoms with E-state index in [0.29, 0.717) is 26.2 Å². The first-order valence-electron chi connectivity index (χ1n) is 8.31. The Hall–Kier alpha value is -2.05. The summed E-state index contributed by atoms with van der Waals surface area (Å²) >= 11 is 0. The van der Waals surface area contributed by atoms with Gasteiger partial charge in [-0.15, -0.1) is 0 Å². The second kappa shape index (κ2) is 7.99. The van der Waals surface area contributed by atoms with Crippen molar-refractivity contribution in [3.8, 4) is 0 Å². The molecule has 1 saturated heterocycles. The molecule has 23 heavy (non-hydrogen) atoms. The fourth-order valence-corrected chi connectivity index (χ4v) is 2.86. The molecule has 0 saturated carbocycles. The van der Waals surface area contributed by atoms with E-state index in [0.717, 1.165) is 25.1 Å². The molecule has 7 heteroatoms. The molecule has 1 aromatic heterocycles. The highest BCUT2D eigenvalue weighted by Gasteiger charge is 2.35. The smallest absolute Gasteiger partial charge is 0.318 e. The van der Waals surface area contributed by atoms with Crippen molar-refractivity contribution in [2.24, 2.45) is 0 Å². The number of nitrogens with zero attached hydrogens (tertiary/aromatic N) is 4. The maximum atomic E-state index is 12.5. The molecule has 0 bridgehead atoms. The van der Waals surface area contributed by atoms with Crippen LogP contribution in [0.4, 0.5) is 4.79 Å². The number of carbonyl (C=O) groups excluding carboxylic acids is 2. The summed E-state index contributed by atoms with van der Waals surface area (Å²) in [5.41, 5.74) is 0. The van der Waals surface area contributed by atoms with E-state index in [1.807, 2.05) is 17.7 Å². The third-order valence-electron chi connectivity index (χ3n) is 4.36. The van der Waals surface area contributed by atoms with Crippen LogP contribution < -0.4 is 5.32 Å². The molecule has 1 fully saturated rings. The van der Waals surface area contributed by atoms with Crippen LogP contribution in [0.25, 0.3) is 0 Å². The quantitative estimate of drug-likeness (QED) is 0.857. The van der Waals surface area contributed by atoms with Crippen LogP contribution in [0.1, 0.15) is 32.0 Å². The summed E-state index contributed by atoms with van der Waals surface area (Å²) in [7, 11) is 1.80. The van der Waals surface area contributed by atoms with Gasteiger partial charge >= 0.3 is 6.03 Å². The topological polar surface area (TPSA) is 70.5 Å². The van der Waals surface area contributed by atoms with Crippen molar-refractivity contribution < 1.29 is 9.59 Å². The minimum atomic E-state index is -0.330. The van der Waals surface area contributed by atoms with Crippen LogP contribution in [0, 0.1) is 6.92 Å². The second-order valence-corrected chi connectivity index (χ2v) is 6.01. The Morgan fingerprint density at radius 3 is 2.87 bits per heavy atom. The summed E-state index contributed by atoms with van der Waals surface area (Å²) in [5, 5.41) is 2.93. The van der Waals surface area contributed by atoms with Crippen LogP contribution in [-0.2, 0) is 11.3 Å². The fourth-order valence-electron chi connectivity index (χ4n) is 2.86. The minimum absolute atomic E-state index is 0.0466. The van der Waals surface area contributed by atoms with Crippen LogP contribution in [-0.4, -0.2) is 64.0 Å². The monoisotopic (exact) mass is 321 g/mol. The van der Waals surface area contributed by atoms with Crippen molar-refractivity contribution in [2.75, 3.05) is 26.7 Å². The summed E-state index contributed by atoms with van der Waals surface area (Å²) in [6.45, 7) is 6.41. The highest BCUT2D eigenvalue weighted by atomic mass is 16.2. The van der Waals surface area contributed by atoms with Crippen LogP contribution in [0.15, 0.2) is 12.4 Å². The molecule has 0 spiro atoms. The van der Waals surface area contributed by atoms with Crippen molar-refractivity contribution in [3.63, 3.8) is 0 Å². The Kier molecular flexibility index (Phi) is 6.01. The molecule has 1 atom stereocenters. The van der Waals surface area contributed by atoms with Gasteiger partial charge in [-0.05, 0) is 13.3 Å². The zero-order chi connectivity index (χ0) is 16.8. The van der Waals surface area contributed by atoms with Gasteiger partial charge in [-0.25, -0.2) is 9.78 Å². The summed E-state index contributed by atoms with van der Waals surface area (Å²) in [4.78, 5) is 32.4. The van der Waals surface area contributed by atoms with Crippen LogP contribution in [0.5, 0.6) is 0 Å². The number of aryl methyl sites for hydroxylation is 1. The van der Waals surface area contributed by atoms with Gasteiger partial charge < -0.3 is 19.7 Å². The molecular formula is C16H27N5O2. The van der Waals surface area contributed by atoms with Gasteiger partial charge in [0.05, 0.1) is 0 Å². The molecule has 3 amide bonds. The number of urea groups is 1. The first-order valence-corrected chi connectivity index (χ1v) is 8.31. The highest BCUT2D eigenvalue weighted by molar-refractivity contribution is 5.88. The number of hydrogen-bond donors (Lipinski definition) is 1. The molecule has 0 aromatic carbocycles. The van der Waals surface area contributed by atoms with E-state index in [1.165, 1.54) is 0 Å². The summed E-state index contributed by atoms with van der Waals surface area (Å²) in [5.74, 6) is 0.972. The van der Waals surface area contributed by atoms with E-state index in [2.05, 4.69) is 17.2 Å². The van der Waals surface area contributed by atoms with Gasteiger partial charge in [0, 0.05) is 45.6 Å². The number of rotatable bonds is 6. The van der Waals surface area contributed by atoms with Crippen LogP contribution in [0.2, 0.25) is 0 Å². The predicted octanol–water partition coefficient (Wildman–Crippen LogP) is 1.23. The third kappa shape index (κ3) is 4.24. The first-order chi connectivity index (χ1) is 11.0. The van der Waals surface area contributed by atoms with Gasteiger partial charge in [-0.2, -0.15) is 0 Å². The van der Waals surface area contributed by atoms with Gasteiger partial charge in [0.15, 0.2) is 0 Å². The summed E-state index contributed by atoms with van der Waals surface area (Å²) in [6.07, 6.45) is 6.33. The minimum Gasteiger partial charge on any atom is -0.342 e. The number of amides is 3. The second-order valence-electron chi connectivity index (χ2n) is 6.01. The Morgan fingerprint density at radius 2 is 2.22 bits per heavy atom. The third-order valence-corrected chi connectivity index (χ3v) is 4.36. The predicted molar refractivity (Wildman–Crippen MR) is 88.0 cm³/mol. The largest absolute Gasteiger partial charge is 0.342 e. The Balaban J connectivity index is 1.90. The SMILES string of the molecule is CCCC[C@@H]1C(=O)N(C)CCN1C(=O)NCCn1ccnc1C. The van der Waals surface area contributed by atoms with E-state index < -0.39 is 0 Å². The zero-order valence-corrected chi connectivity index (χ0v) is 14.3. The number of carbonyl (C=O) groups is 2. The van der Waals surface area contributed by atoms with Crippen LogP contribution in [0.3, 0.4) is 0 Å². The summed E-state index contributed by atoms with van der Waals surface area (Å²) in [6, 6.07) is -0.478. The average Bonchev–Trinajstić information content (AvgIpc) is 2.94. The lowest BCUT2D eigenvalue weighted by atomic mass is 10.0. The molecule has 0 unspecified atom stereocenters. The summed E-state index contributed by atoms with van der Waals surface area (Å²) < 4.78 is 1.99. The van der Waals surface area contributed by atoms with Crippen molar-refractivity contribution in [1.82, 2.24) is 24.7 Å². The fraction of sp³-hybridized carbons (Fsp3) is 0.688. The maximum absolute atomic E-state index is 12.5. The highest BCUT2D eigenvalue weighted by Crippen LogP contribution is 2.16. The number of nitrogens with one attached hydrogen (secondary N) is 1. The van der Waals surface area contributed by atoms with Gasteiger partial charge in [-0.1, -0.05) is 19.8 Å². The zero-order valence-electron chi connectivity index (χ0n) is 14.3. The van der Waals surface area contributed by atoms with Gasteiger partial charge in [0.2, 0.25) is 5.91 Å². The molecule has 1 aromatic rings. The molecule has 0 aliphatic carbocycles. The molecule has 1 aliphatic rings. The first kappa shape index (κ1) is 17.3. The average molecular weight is 321 g/mol. The molecule has 128 valence electrons. The van der Waals surface area contributed by atoms with E-state index in [4.69, 9.17) is 0 Å². The lowest BCUT2D eigenvalue weighted by Crippen LogP contribution is -2.59. The molecule has 7 nitrogen and oxygen atoms in total.